The molecule has 1 heterocycles. The number of ether oxygens (including phenoxy) is 1. The summed E-state index contributed by atoms with van der Waals surface area (Å²) in [6.45, 7) is 7.77. The van der Waals surface area contributed by atoms with E-state index in [-0.39, 0.29) is 6.09 Å². The van der Waals surface area contributed by atoms with Crippen molar-refractivity contribution in [1.29, 1.82) is 0 Å². The molecule has 0 bridgehead atoms. The quantitative estimate of drug-likeness (QED) is 0.847. The van der Waals surface area contributed by atoms with E-state index in [1.807, 2.05) is 13.8 Å². The highest BCUT2D eigenvalue weighted by atomic mass is 16.5. The predicted octanol–water partition coefficient (Wildman–Crippen LogP) is 4.59. The van der Waals surface area contributed by atoms with Gasteiger partial charge in [0.2, 0.25) is 0 Å². The van der Waals surface area contributed by atoms with Gasteiger partial charge < -0.3 is 10.1 Å². The summed E-state index contributed by atoms with van der Waals surface area (Å²) in [5.74, 6) is 0.511. The lowest BCUT2D eigenvalue weighted by Crippen LogP contribution is -2.37. The first kappa shape index (κ1) is 19.8. The van der Waals surface area contributed by atoms with Crippen LogP contribution in [0.15, 0.2) is 30.3 Å². The van der Waals surface area contributed by atoms with E-state index in [9.17, 15) is 4.79 Å². The average molecular weight is 347 g/mol. The highest BCUT2D eigenvalue weighted by molar-refractivity contribution is 5.67. The van der Waals surface area contributed by atoms with E-state index in [0.717, 1.165) is 45.3 Å². The van der Waals surface area contributed by atoms with Crippen molar-refractivity contribution < 1.29 is 9.53 Å². The number of carbonyl (C=O) groups is 1. The summed E-state index contributed by atoms with van der Waals surface area (Å²) < 4.78 is 5.43. The molecule has 1 N–H and O–H groups in total. The van der Waals surface area contributed by atoms with E-state index in [2.05, 4.69) is 40.5 Å². The van der Waals surface area contributed by atoms with E-state index in [0.29, 0.717) is 18.6 Å². The van der Waals surface area contributed by atoms with Gasteiger partial charge in [-0.1, -0.05) is 57.0 Å². The second-order valence-corrected chi connectivity index (χ2v) is 6.93. The first-order chi connectivity index (χ1) is 12.3. The number of piperidine rings is 1. The van der Waals surface area contributed by atoms with E-state index in [1.54, 1.807) is 0 Å². The van der Waals surface area contributed by atoms with E-state index in [1.165, 1.54) is 18.4 Å². The Morgan fingerprint density at radius 2 is 1.72 bits per heavy atom. The van der Waals surface area contributed by atoms with Crippen molar-refractivity contribution >= 4 is 6.09 Å². The zero-order valence-electron chi connectivity index (χ0n) is 15.9. The normalized spacial score (nSPS) is 19.1. The van der Waals surface area contributed by atoms with Crippen LogP contribution in [0.3, 0.4) is 0 Å². The van der Waals surface area contributed by atoms with Crippen LogP contribution in [-0.2, 0) is 11.3 Å². The molecule has 1 aromatic carbocycles. The van der Waals surface area contributed by atoms with Crippen LogP contribution in [0, 0.1) is 5.92 Å². The molecule has 1 saturated carbocycles. The fourth-order valence-electron chi connectivity index (χ4n) is 3.62. The molecule has 1 aliphatic carbocycles. The van der Waals surface area contributed by atoms with Gasteiger partial charge in [-0.05, 0) is 50.3 Å². The molecule has 0 radical (unpaired) electrons. The van der Waals surface area contributed by atoms with E-state index >= 15 is 0 Å². The molecule has 1 aromatic rings. The third kappa shape index (κ3) is 7.07. The van der Waals surface area contributed by atoms with Crippen LogP contribution in [0.5, 0.6) is 0 Å². The monoisotopic (exact) mass is 346 g/mol. The zero-order valence-corrected chi connectivity index (χ0v) is 15.9. The first-order valence-electron chi connectivity index (χ1n) is 9.99. The average Bonchev–Trinajstić information content (AvgIpc) is 3.17. The van der Waals surface area contributed by atoms with Crippen molar-refractivity contribution in [1.82, 2.24) is 10.2 Å². The van der Waals surface area contributed by atoms with Crippen molar-refractivity contribution in [3.8, 4) is 0 Å². The summed E-state index contributed by atoms with van der Waals surface area (Å²) in [5.41, 5.74) is 1.37. The van der Waals surface area contributed by atoms with E-state index < -0.39 is 0 Å². The van der Waals surface area contributed by atoms with Crippen molar-refractivity contribution in [2.24, 2.45) is 5.92 Å². The summed E-state index contributed by atoms with van der Waals surface area (Å²) in [6, 6.07) is 11.0. The minimum absolute atomic E-state index is 0.219. The van der Waals surface area contributed by atoms with Gasteiger partial charge in [0.05, 0.1) is 6.61 Å². The van der Waals surface area contributed by atoms with Gasteiger partial charge in [0, 0.05) is 12.6 Å². The van der Waals surface area contributed by atoms with Gasteiger partial charge in [-0.2, -0.15) is 0 Å². The first-order valence-corrected chi connectivity index (χ1v) is 9.99. The molecule has 0 unspecified atom stereocenters. The van der Waals surface area contributed by atoms with Crippen molar-refractivity contribution in [2.45, 2.75) is 65.0 Å². The molecule has 0 atom stereocenters. The molecule has 2 fully saturated rings. The number of benzene rings is 1. The van der Waals surface area contributed by atoms with E-state index in [4.69, 9.17) is 4.74 Å². The Hall–Kier alpha value is -1.55. The minimum Gasteiger partial charge on any atom is -0.449 e. The summed E-state index contributed by atoms with van der Waals surface area (Å²) in [6.07, 6.45) is 6.67. The molecule has 25 heavy (non-hydrogen) atoms. The van der Waals surface area contributed by atoms with Crippen LogP contribution in [0.25, 0.3) is 0 Å². The largest absolute Gasteiger partial charge is 0.449 e. The van der Waals surface area contributed by atoms with Gasteiger partial charge in [-0.15, -0.1) is 0 Å². The lowest BCUT2D eigenvalue weighted by Gasteiger charge is -2.31. The predicted molar refractivity (Wildman–Crippen MR) is 103 cm³/mol. The van der Waals surface area contributed by atoms with Crippen LogP contribution in [0.1, 0.15) is 57.9 Å². The number of carbonyl (C=O) groups excluding carboxylic acids is 1. The Bertz CT molecular complexity index is 478. The fourth-order valence-corrected chi connectivity index (χ4v) is 3.62. The van der Waals surface area contributed by atoms with Crippen LogP contribution in [0.4, 0.5) is 4.79 Å². The molecule has 4 heteroatoms. The lowest BCUT2D eigenvalue weighted by molar-refractivity contribution is 0.0924. The van der Waals surface area contributed by atoms with Crippen molar-refractivity contribution in [2.75, 3.05) is 19.7 Å². The molecule has 0 spiro atoms. The summed E-state index contributed by atoms with van der Waals surface area (Å²) in [7, 11) is 0. The molecular weight excluding hydrogens is 312 g/mol. The summed E-state index contributed by atoms with van der Waals surface area (Å²) in [5, 5.41) is 2.99. The van der Waals surface area contributed by atoms with Crippen LogP contribution in [0.2, 0.25) is 0 Å². The molecule has 1 aliphatic heterocycles. The molecule has 1 amide bonds. The molecule has 1 saturated heterocycles. The second kappa shape index (κ2) is 11.1. The van der Waals surface area contributed by atoms with Crippen molar-refractivity contribution in [3.63, 3.8) is 0 Å². The molecule has 2 aliphatic rings. The zero-order chi connectivity index (χ0) is 17.9. The number of nitrogens with zero attached hydrogens (tertiary/aromatic N) is 1. The number of likely N-dealkylation sites (tertiary alicyclic amines) is 1. The molecular formula is C21H34N2O2. The number of amides is 1. The van der Waals surface area contributed by atoms with Gasteiger partial charge in [0.15, 0.2) is 0 Å². The third-order valence-electron chi connectivity index (χ3n) is 5.08. The number of hydrogen-bond donors (Lipinski definition) is 1. The topological polar surface area (TPSA) is 41.6 Å². The maximum atomic E-state index is 11.8. The Labute approximate surface area is 152 Å². The van der Waals surface area contributed by atoms with Crippen LogP contribution in [-0.4, -0.2) is 36.7 Å². The number of rotatable bonds is 5. The maximum absolute atomic E-state index is 11.8. The van der Waals surface area contributed by atoms with Gasteiger partial charge in [0.25, 0.3) is 0 Å². The molecule has 140 valence electrons. The second-order valence-electron chi connectivity index (χ2n) is 6.93. The van der Waals surface area contributed by atoms with Crippen LogP contribution >= 0.6 is 0 Å². The smallest absolute Gasteiger partial charge is 0.407 e. The Kier molecular flexibility index (Phi) is 8.81. The standard InChI is InChI=1S/C19H28N2O2.C2H6/c22-19(20-18-8-4-5-9-18)23-15-17-10-12-21(13-11-17)14-16-6-2-1-3-7-16;1-2/h1-3,6-7,17-18H,4-5,8-15H2,(H,20,22);1-2H3. The van der Waals surface area contributed by atoms with Gasteiger partial charge >= 0.3 is 6.09 Å². The highest BCUT2D eigenvalue weighted by Gasteiger charge is 2.22. The van der Waals surface area contributed by atoms with Gasteiger partial charge in [-0.25, -0.2) is 4.79 Å². The van der Waals surface area contributed by atoms with Crippen LogP contribution < -0.4 is 5.32 Å². The Balaban J connectivity index is 0.00000109. The number of nitrogens with one attached hydrogen (secondary N) is 1. The van der Waals surface area contributed by atoms with Gasteiger partial charge in [-0.3, -0.25) is 4.90 Å². The molecule has 0 aromatic heterocycles. The fraction of sp³-hybridized carbons (Fsp3) is 0.667. The summed E-state index contributed by atoms with van der Waals surface area (Å²) >= 11 is 0. The minimum atomic E-state index is -0.219. The molecule has 3 rings (SSSR count). The summed E-state index contributed by atoms with van der Waals surface area (Å²) in [4.78, 5) is 14.3. The SMILES string of the molecule is CC.O=C(NC1CCCC1)OCC1CCN(Cc2ccccc2)CC1. The van der Waals surface area contributed by atoms with Gasteiger partial charge in [0.1, 0.15) is 0 Å². The maximum Gasteiger partial charge on any atom is 0.407 e. The lowest BCUT2D eigenvalue weighted by atomic mass is 9.97. The molecule has 4 nitrogen and oxygen atoms in total. The Morgan fingerprint density at radius 3 is 2.36 bits per heavy atom. The highest BCUT2D eigenvalue weighted by Crippen LogP contribution is 2.20. The number of alkyl carbamates (subject to hydrolysis) is 1. The Morgan fingerprint density at radius 1 is 1.08 bits per heavy atom. The third-order valence-corrected chi connectivity index (χ3v) is 5.08. The van der Waals surface area contributed by atoms with Crippen molar-refractivity contribution in [3.05, 3.63) is 35.9 Å². The number of hydrogen-bond acceptors (Lipinski definition) is 3.